The van der Waals surface area contributed by atoms with Crippen molar-refractivity contribution in [3.05, 3.63) is 54.1 Å². The zero-order valence-corrected chi connectivity index (χ0v) is 19.0. The maximum atomic E-state index is 12.2. The Balaban J connectivity index is 1.38. The number of aromatic nitrogens is 5. The fourth-order valence-electron chi connectivity index (χ4n) is 3.68. The molecule has 0 bridgehead atoms. The summed E-state index contributed by atoms with van der Waals surface area (Å²) in [6.45, 7) is 3.65. The van der Waals surface area contributed by atoms with E-state index in [0.29, 0.717) is 31.1 Å². The molecule has 172 valence electrons. The monoisotopic (exact) mass is 448 g/mol. The molecule has 0 spiro atoms. The first-order chi connectivity index (χ1) is 16.2. The van der Waals surface area contributed by atoms with Gasteiger partial charge in [0, 0.05) is 44.1 Å². The van der Waals surface area contributed by atoms with E-state index in [-0.39, 0.29) is 5.78 Å². The first-order valence-electron chi connectivity index (χ1n) is 11.1. The molecule has 0 aliphatic carbocycles. The number of pyridine rings is 1. The van der Waals surface area contributed by atoms with Gasteiger partial charge in [-0.3, -0.25) is 14.2 Å². The quantitative estimate of drug-likeness (QED) is 0.257. The Morgan fingerprint density at radius 3 is 2.73 bits per heavy atom. The average molecular weight is 449 g/mol. The minimum absolute atomic E-state index is 0.158. The number of hydrogen-bond acceptors (Lipinski definition) is 8. The first kappa shape index (κ1) is 22.6. The summed E-state index contributed by atoms with van der Waals surface area (Å²) in [6.07, 6.45) is 6.54. The molecule has 0 aliphatic heterocycles. The number of aryl methyl sites for hydroxylation is 1. The maximum Gasteiger partial charge on any atom is 0.204 e. The molecular weight excluding hydrogens is 420 g/mol. The Kier molecular flexibility index (Phi) is 7.41. The second-order valence-electron chi connectivity index (χ2n) is 7.75. The lowest BCUT2D eigenvalue weighted by Gasteiger charge is -2.11. The summed E-state index contributed by atoms with van der Waals surface area (Å²) in [5.41, 5.74) is 3.14. The normalized spacial score (nSPS) is 11.2. The van der Waals surface area contributed by atoms with Crippen LogP contribution in [0.3, 0.4) is 0 Å². The number of nitrogens with zero attached hydrogens (tertiary/aromatic N) is 5. The zero-order valence-electron chi connectivity index (χ0n) is 19.0. The predicted molar refractivity (Wildman–Crippen MR) is 126 cm³/mol. The summed E-state index contributed by atoms with van der Waals surface area (Å²) in [4.78, 5) is 20.9. The summed E-state index contributed by atoms with van der Waals surface area (Å²) in [5.74, 6) is 2.38. The van der Waals surface area contributed by atoms with Crippen molar-refractivity contribution in [3.8, 4) is 5.75 Å². The molecule has 0 atom stereocenters. The number of benzene rings is 1. The molecule has 4 aromatic rings. The Morgan fingerprint density at radius 1 is 1.06 bits per heavy atom. The van der Waals surface area contributed by atoms with Gasteiger partial charge in [0.1, 0.15) is 18.2 Å². The van der Waals surface area contributed by atoms with E-state index in [2.05, 4.69) is 20.5 Å². The topological polar surface area (TPSA) is 104 Å². The Morgan fingerprint density at radius 2 is 1.91 bits per heavy atom. The minimum atomic E-state index is 0.158. The number of unbranched alkanes of at least 4 members (excludes halogenated alkanes) is 2. The van der Waals surface area contributed by atoms with Crippen molar-refractivity contribution in [2.45, 2.75) is 32.6 Å². The van der Waals surface area contributed by atoms with Gasteiger partial charge in [-0.25, -0.2) is 4.98 Å². The van der Waals surface area contributed by atoms with Crippen molar-refractivity contribution < 1.29 is 14.3 Å². The van der Waals surface area contributed by atoms with E-state index in [0.717, 1.165) is 54.0 Å². The fraction of sp³-hybridized carbons (Fsp3) is 0.375. The van der Waals surface area contributed by atoms with Crippen LogP contribution in [-0.2, 0) is 4.74 Å². The Hall–Kier alpha value is -3.59. The van der Waals surface area contributed by atoms with Crippen LogP contribution >= 0.6 is 0 Å². The largest absolute Gasteiger partial charge is 0.491 e. The second kappa shape index (κ2) is 10.8. The number of anilines is 1. The predicted octanol–water partition coefficient (Wildman–Crippen LogP) is 3.86. The molecule has 0 radical (unpaired) electrons. The number of ether oxygens (including phenoxy) is 2. The van der Waals surface area contributed by atoms with Crippen LogP contribution in [0, 0.1) is 6.92 Å². The highest BCUT2D eigenvalue weighted by Crippen LogP contribution is 2.25. The summed E-state index contributed by atoms with van der Waals surface area (Å²) in [5, 5.41) is 11.9. The molecule has 33 heavy (non-hydrogen) atoms. The molecule has 0 amide bonds. The Labute approximate surface area is 192 Å². The second-order valence-corrected chi connectivity index (χ2v) is 7.75. The van der Waals surface area contributed by atoms with Gasteiger partial charge in [0.25, 0.3) is 0 Å². The number of nitrogens with one attached hydrogen (secondary N) is 1. The van der Waals surface area contributed by atoms with Crippen LogP contribution in [0.4, 0.5) is 5.82 Å². The maximum absolute atomic E-state index is 12.2. The van der Waals surface area contributed by atoms with Crippen LogP contribution in [-0.4, -0.2) is 57.2 Å². The van der Waals surface area contributed by atoms with Gasteiger partial charge in [0.05, 0.1) is 17.6 Å². The number of rotatable bonds is 12. The summed E-state index contributed by atoms with van der Waals surface area (Å²) in [7, 11) is 1.65. The van der Waals surface area contributed by atoms with Crippen LogP contribution in [0.25, 0.3) is 16.7 Å². The van der Waals surface area contributed by atoms with Gasteiger partial charge in [0.2, 0.25) is 5.65 Å². The third-order valence-corrected chi connectivity index (χ3v) is 5.39. The van der Waals surface area contributed by atoms with Crippen LogP contribution in [0.1, 0.15) is 41.9 Å². The molecular formula is C24H28N6O3. The van der Waals surface area contributed by atoms with E-state index in [1.54, 1.807) is 31.6 Å². The average Bonchev–Trinajstić information content (AvgIpc) is 3.23. The minimum Gasteiger partial charge on any atom is -0.491 e. The van der Waals surface area contributed by atoms with Crippen molar-refractivity contribution in [2.24, 2.45) is 0 Å². The molecule has 3 heterocycles. The smallest absolute Gasteiger partial charge is 0.204 e. The number of carbonyl (C=O) groups is 1. The van der Waals surface area contributed by atoms with Gasteiger partial charge in [-0.2, -0.15) is 0 Å². The van der Waals surface area contributed by atoms with Crippen LogP contribution < -0.4 is 10.1 Å². The van der Waals surface area contributed by atoms with E-state index >= 15 is 0 Å². The van der Waals surface area contributed by atoms with Gasteiger partial charge in [-0.15, -0.1) is 10.2 Å². The lowest BCUT2D eigenvalue weighted by Crippen LogP contribution is -2.08. The molecule has 0 saturated carbocycles. The highest BCUT2D eigenvalue weighted by atomic mass is 16.5. The van der Waals surface area contributed by atoms with Crippen molar-refractivity contribution >= 4 is 28.3 Å². The molecule has 3 aromatic heterocycles. The number of fused-ring (bicyclic) bond motifs is 3. The van der Waals surface area contributed by atoms with Crippen molar-refractivity contribution in [1.82, 2.24) is 24.6 Å². The highest BCUT2D eigenvalue weighted by molar-refractivity contribution is 5.95. The molecule has 0 saturated heterocycles. The molecule has 9 nitrogen and oxygen atoms in total. The van der Waals surface area contributed by atoms with Crippen molar-refractivity contribution in [1.29, 1.82) is 0 Å². The molecule has 1 N–H and O–H groups in total. The number of carbonyl (C=O) groups excluding carboxylic acids is 1. The van der Waals surface area contributed by atoms with Crippen molar-refractivity contribution in [2.75, 3.05) is 32.2 Å². The number of hydrogen-bond donors (Lipinski definition) is 1. The lowest BCUT2D eigenvalue weighted by molar-refractivity contribution is 0.0979. The number of ketones is 1. The lowest BCUT2D eigenvalue weighted by atomic mass is 10.1. The van der Waals surface area contributed by atoms with Gasteiger partial charge in [0.15, 0.2) is 11.6 Å². The standard InChI is InChI=1S/C24H28N6O3/c1-17-28-29-24-23(26-11-5-3-4-6-22(31)18-9-12-25-13-10-18)27-20-16-19(33-15-14-32-2)7-8-21(20)30(17)24/h7-10,12-13,16H,3-6,11,14-15H2,1-2H3,(H,26,27). The third-order valence-electron chi connectivity index (χ3n) is 5.39. The highest BCUT2D eigenvalue weighted by Gasteiger charge is 2.13. The SMILES string of the molecule is COCCOc1ccc2c(c1)nc(NCCCCCC(=O)c1ccncc1)c1nnc(C)n12. The zero-order chi connectivity index (χ0) is 23.0. The van der Waals surface area contributed by atoms with Gasteiger partial charge >= 0.3 is 0 Å². The Bertz CT molecular complexity index is 1230. The molecule has 4 rings (SSSR count). The molecule has 0 aliphatic rings. The number of Topliss-reactive ketones (excluding diaryl/α,β-unsaturated/α-hetero) is 1. The molecule has 0 fully saturated rings. The first-order valence-corrected chi connectivity index (χ1v) is 11.1. The number of methoxy groups -OCH3 is 1. The van der Waals surface area contributed by atoms with Crippen molar-refractivity contribution in [3.63, 3.8) is 0 Å². The molecule has 9 heteroatoms. The summed E-state index contributed by atoms with van der Waals surface area (Å²) in [6, 6.07) is 9.32. The van der Waals surface area contributed by atoms with Gasteiger partial charge < -0.3 is 14.8 Å². The van der Waals surface area contributed by atoms with E-state index in [4.69, 9.17) is 14.5 Å². The van der Waals surface area contributed by atoms with E-state index in [1.165, 1.54) is 0 Å². The van der Waals surface area contributed by atoms with Gasteiger partial charge in [-0.05, 0) is 44.0 Å². The van der Waals surface area contributed by atoms with Crippen LogP contribution in [0.5, 0.6) is 5.75 Å². The third kappa shape index (κ3) is 5.43. The van der Waals surface area contributed by atoms with E-state index in [9.17, 15) is 4.79 Å². The summed E-state index contributed by atoms with van der Waals surface area (Å²) < 4.78 is 12.8. The fourth-order valence-corrected chi connectivity index (χ4v) is 3.68. The van der Waals surface area contributed by atoms with Crippen LogP contribution in [0.2, 0.25) is 0 Å². The van der Waals surface area contributed by atoms with Gasteiger partial charge in [-0.1, -0.05) is 6.42 Å². The van der Waals surface area contributed by atoms with E-state index < -0.39 is 0 Å². The molecule has 1 aromatic carbocycles. The summed E-state index contributed by atoms with van der Waals surface area (Å²) >= 11 is 0. The molecule has 0 unspecified atom stereocenters. The van der Waals surface area contributed by atoms with E-state index in [1.807, 2.05) is 29.5 Å². The van der Waals surface area contributed by atoms with Crippen LogP contribution in [0.15, 0.2) is 42.7 Å².